The van der Waals surface area contributed by atoms with Crippen LogP contribution in [0.5, 0.6) is 0 Å². The van der Waals surface area contributed by atoms with Crippen LogP contribution >= 0.6 is 0 Å². The summed E-state index contributed by atoms with van der Waals surface area (Å²) in [5.74, 6) is -0.973. The third-order valence-corrected chi connectivity index (χ3v) is 8.73. The molecule has 52 heavy (non-hydrogen) atoms. The van der Waals surface area contributed by atoms with Gasteiger partial charge in [0.05, 0.1) is 0 Å². The van der Waals surface area contributed by atoms with Crippen LogP contribution in [-0.4, -0.2) is 37.2 Å². The fourth-order valence-corrected chi connectivity index (χ4v) is 5.50. The number of unbranched alkanes of at least 4 members (excludes halogenated alkanes) is 16. The van der Waals surface area contributed by atoms with Gasteiger partial charge in [0, 0.05) is 19.3 Å². The van der Waals surface area contributed by atoms with Crippen LogP contribution in [0.1, 0.15) is 194 Å². The summed E-state index contributed by atoms with van der Waals surface area (Å²) in [7, 11) is 0. The first-order chi connectivity index (χ1) is 25.5. The molecule has 0 bridgehead atoms. The molecule has 0 aliphatic carbocycles. The minimum atomic E-state index is -0.794. The molecule has 0 saturated carbocycles. The van der Waals surface area contributed by atoms with Gasteiger partial charge in [0.1, 0.15) is 13.2 Å². The normalized spacial score (nSPS) is 12.6. The van der Waals surface area contributed by atoms with Gasteiger partial charge >= 0.3 is 17.9 Å². The molecule has 0 rings (SSSR count). The maximum absolute atomic E-state index is 12.6. The number of hydrogen-bond donors (Lipinski definition) is 0. The van der Waals surface area contributed by atoms with E-state index in [0.29, 0.717) is 25.7 Å². The Morgan fingerprint density at radius 2 is 0.788 bits per heavy atom. The SMILES string of the molecule is CC/C=C\C/C=C\C/C=C\CCCCCCC(=O)OCC(COC(=O)CCC/C=C\CCCCCC)OC(=O)CCCCCCC/C=C\CCCC. The fraction of sp³-hybridized carbons (Fsp3) is 0.717. The first kappa shape index (κ1) is 49.1. The summed E-state index contributed by atoms with van der Waals surface area (Å²) in [5, 5.41) is 0. The van der Waals surface area contributed by atoms with E-state index in [1.54, 1.807) is 0 Å². The highest BCUT2D eigenvalue weighted by Gasteiger charge is 2.19. The van der Waals surface area contributed by atoms with Crippen molar-refractivity contribution < 1.29 is 28.6 Å². The Balaban J connectivity index is 4.44. The smallest absolute Gasteiger partial charge is 0.306 e. The quantitative estimate of drug-likeness (QED) is 0.0274. The van der Waals surface area contributed by atoms with Crippen molar-refractivity contribution in [3.63, 3.8) is 0 Å². The van der Waals surface area contributed by atoms with Crippen molar-refractivity contribution in [3.8, 4) is 0 Å². The Bertz CT molecular complexity index is 975. The first-order valence-corrected chi connectivity index (χ1v) is 21.3. The summed E-state index contributed by atoms with van der Waals surface area (Å²) in [6.07, 6.45) is 47.8. The molecule has 298 valence electrons. The van der Waals surface area contributed by atoms with E-state index in [0.717, 1.165) is 96.3 Å². The molecular formula is C46H78O6. The van der Waals surface area contributed by atoms with Crippen LogP contribution in [0.2, 0.25) is 0 Å². The molecule has 1 atom stereocenters. The van der Waals surface area contributed by atoms with E-state index in [1.807, 2.05) is 0 Å². The second-order valence-electron chi connectivity index (χ2n) is 13.9. The lowest BCUT2D eigenvalue weighted by molar-refractivity contribution is -0.167. The number of allylic oxidation sites excluding steroid dienone is 10. The molecule has 6 heteroatoms. The molecule has 0 spiro atoms. The highest BCUT2D eigenvalue weighted by molar-refractivity contribution is 5.71. The lowest BCUT2D eigenvalue weighted by Crippen LogP contribution is -2.30. The number of hydrogen-bond acceptors (Lipinski definition) is 6. The Morgan fingerprint density at radius 3 is 1.33 bits per heavy atom. The van der Waals surface area contributed by atoms with E-state index < -0.39 is 6.10 Å². The number of carbonyl (C=O) groups excluding carboxylic acids is 3. The zero-order chi connectivity index (χ0) is 38.0. The zero-order valence-electron chi connectivity index (χ0n) is 33.8. The maximum Gasteiger partial charge on any atom is 0.306 e. The molecule has 0 fully saturated rings. The monoisotopic (exact) mass is 727 g/mol. The Labute approximate surface area is 320 Å². The van der Waals surface area contributed by atoms with Gasteiger partial charge in [-0.3, -0.25) is 14.4 Å². The van der Waals surface area contributed by atoms with Crippen molar-refractivity contribution in [2.24, 2.45) is 0 Å². The van der Waals surface area contributed by atoms with E-state index in [1.165, 1.54) is 51.4 Å². The van der Waals surface area contributed by atoms with Crippen molar-refractivity contribution in [3.05, 3.63) is 60.8 Å². The van der Waals surface area contributed by atoms with Gasteiger partial charge in [-0.05, 0) is 89.9 Å². The van der Waals surface area contributed by atoms with Crippen LogP contribution in [0, 0.1) is 0 Å². The lowest BCUT2D eigenvalue weighted by atomic mass is 10.1. The predicted molar refractivity (Wildman–Crippen MR) is 219 cm³/mol. The number of ether oxygens (including phenoxy) is 3. The second-order valence-corrected chi connectivity index (χ2v) is 13.9. The molecule has 6 nitrogen and oxygen atoms in total. The molecule has 0 amide bonds. The van der Waals surface area contributed by atoms with Crippen molar-refractivity contribution >= 4 is 17.9 Å². The average Bonchev–Trinajstić information content (AvgIpc) is 3.14. The summed E-state index contributed by atoms with van der Waals surface area (Å²) >= 11 is 0. The minimum absolute atomic E-state index is 0.0987. The third-order valence-electron chi connectivity index (χ3n) is 8.73. The van der Waals surface area contributed by atoms with E-state index in [4.69, 9.17) is 14.2 Å². The van der Waals surface area contributed by atoms with E-state index in [-0.39, 0.29) is 31.1 Å². The minimum Gasteiger partial charge on any atom is -0.462 e. The molecule has 0 aromatic heterocycles. The van der Waals surface area contributed by atoms with Gasteiger partial charge < -0.3 is 14.2 Å². The molecule has 0 aromatic carbocycles. The van der Waals surface area contributed by atoms with Gasteiger partial charge in [0.25, 0.3) is 0 Å². The van der Waals surface area contributed by atoms with Crippen LogP contribution < -0.4 is 0 Å². The Hall–Kier alpha value is -2.89. The summed E-state index contributed by atoms with van der Waals surface area (Å²) in [4.78, 5) is 37.5. The number of esters is 3. The van der Waals surface area contributed by atoms with Crippen LogP contribution in [0.3, 0.4) is 0 Å². The van der Waals surface area contributed by atoms with E-state index in [2.05, 4.69) is 81.5 Å². The zero-order valence-corrected chi connectivity index (χ0v) is 33.8. The number of rotatable bonds is 37. The Kier molecular flexibility index (Phi) is 38.6. The van der Waals surface area contributed by atoms with Crippen molar-refractivity contribution in [1.29, 1.82) is 0 Å². The molecule has 0 heterocycles. The summed E-state index contributed by atoms with van der Waals surface area (Å²) in [5.41, 5.74) is 0. The van der Waals surface area contributed by atoms with Crippen LogP contribution in [0.25, 0.3) is 0 Å². The van der Waals surface area contributed by atoms with Gasteiger partial charge in [0.15, 0.2) is 6.10 Å². The first-order valence-electron chi connectivity index (χ1n) is 21.3. The molecule has 0 radical (unpaired) electrons. The van der Waals surface area contributed by atoms with Gasteiger partial charge in [-0.2, -0.15) is 0 Å². The van der Waals surface area contributed by atoms with Gasteiger partial charge in [0.2, 0.25) is 0 Å². The molecule has 1 unspecified atom stereocenters. The van der Waals surface area contributed by atoms with Crippen molar-refractivity contribution in [1.82, 2.24) is 0 Å². The summed E-state index contributed by atoms with van der Waals surface area (Å²) < 4.78 is 16.6. The van der Waals surface area contributed by atoms with Crippen molar-refractivity contribution in [2.75, 3.05) is 13.2 Å². The van der Waals surface area contributed by atoms with Crippen LogP contribution in [0.15, 0.2) is 60.8 Å². The highest BCUT2D eigenvalue weighted by Crippen LogP contribution is 2.12. The fourth-order valence-electron chi connectivity index (χ4n) is 5.50. The second kappa shape index (κ2) is 40.9. The lowest BCUT2D eigenvalue weighted by Gasteiger charge is -2.18. The van der Waals surface area contributed by atoms with Gasteiger partial charge in [-0.15, -0.1) is 0 Å². The molecular weight excluding hydrogens is 648 g/mol. The van der Waals surface area contributed by atoms with E-state index in [9.17, 15) is 14.4 Å². The Morgan fingerprint density at radius 1 is 0.404 bits per heavy atom. The highest BCUT2D eigenvalue weighted by atomic mass is 16.6. The predicted octanol–water partition coefficient (Wildman–Crippen LogP) is 13.4. The number of carbonyl (C=O) groups is 3. The van der Waals surface area contributed by atoms with Crippen LogP contribution in [0.4, 0.5) is 0 Å². The maximum atomic E-state index is 12.6. The topological polar surface area (TPSA) is 78.9 Å². The van der Waals surface area contributed by atoms with Gasteiger partial charge in [-0.25, -0.2) is 0 Å². The molecule has 0 aromatic rings. The summed E-state index contributed by atoms with van der Waals surface area (Å²) in [6.45, 7) is 6.37. The van der Waals surface area contributed by atoms with Crippen LogP contribution in [-0.2, 0) is 28.6 Å². The van der Waals surface area contributed by atoms with Gasteiger partial charge in [-0.1, -0.05) is 146 Å². The summed E-state index contributed by atoms with van der Waals surface area (Å²) in [6, 6.07) is 0. The largest absolute Gasteiger partial charge is 0.462 e. The molecule has 0 N–H and O–H groups in total. The molecule has 0 saturated heterocycles. The average molecular weight is 727 g/mol. The van der Waals surface area contributed by atoms with E-state index >= 15 is 0 Å². The third kappa shape index (κ3) is 38.3. The van der Waals surface area contributed by atoms with Crippen molar-refractivity contribution in [2.45, 2.75) is 200 Å². The molecule has 0 aliphatic rings. The molecule has 0 aliphatic heterocycles. The standard InChI is InChI=1S/C46H78O6/c1-4-7-10-13-16-19-21-22-23-25-27-30-33-36-39-45(48)51-42-43(41-50-44(47)38-35-32-29-26-18-15-12-9-6-3)52-46(49)40-37-34-31-28-24-20-17-14-11-8-5-2/h7,10,14,16-17,19,22-23,26,29,43H,4-6,8-9,11-13,15,18,20-21,24-25,27-28,30-42H2,1-3H3/b10-7-,17-14-,19-16-,23-22-,29-26-.